The second-order valence-electron chi connectivity index (χ2n) is 5.36. The summed E-state index contributed by atoms with van der Waals surface area (Å²) in [5.74, 6) is 1.90. The molecule has 0 saturated carbocycles. The number of hydrogen-bond acceptors (Lipinski definition) is 5. The van der Waals surface area contributed by atoms with Crippen LogP contribution in [0.3, 0.4) is 0 Å². The van der Waals surface area contributed by atoms with E-state index < -0.39 is 5.41 Å². The normalized spacial score (nSPS) is 19.7. The Kier molecular flexibility index (Phi) is 5.30. The quantitative estimate of drug-likeness (QED) is 0.874. The molecule has 1 aliphatic carbocycles. The first-order chi connectivity index (χ1) is 11.1. The van der Waals surface area contributed by atoms with Crippen molar-refractivity contribution in [3.05, 3.63) is 47.2 Å². The van der Waals surface area contributed by atoms with Crippen LogP contribution in [0.5, 0.6) is 11.5 Å². The Morgan fingerprint density at radius 3 is 2.35 bits per heavy atom. The number of aliphatic hydroxyl groups is 1. The Hall–Kier alpha value is -2.45. The Balaban J connectivity index is 2.59. The van der Waals surface area contributed by atoms with E-state index in [0.717, 1.165) is 16.9 Å². The summed E-state index contributed by atoms with van der Waals surface area (Å²) < 4.78 is 15.9. The molecule has 0 radical (unpaired) electrons. The van der Waals surface area contributed by atoms with Gasteiger partial charge in [0.2, 0.25) is 0 Å². The van der Waals surface area contributed by atoms with Gasteiger partial charge in [0.25, 0.3) is 0 Å². The van der Waals surface area contributed by atoms with E-state index in [1.165, 1.54) is 0 Å². The van der Waals surface area contributed by atoms with Gasteiger partial charge in [-0.05, 0) is 41.8 Å². The predicted octanol–water partition coefficient (Wildman–Crippen LogP) is 2.84. The number of ether oxygens (including phenoxy) is 3. The first-order valence-electron chi connectivity index (χ1n) is 7.30. The maximum Gasteiger partial charge on any atom is 0.161 e. The molecule has 0 fully saturated rings. The summed E-state index contributed by atoms with van der Waals surface area (Å²) in [4.78, 5) is 0. The van der Waals surface area contributed by atoms with Gasteiger partial charge in [0.1, 0.15) is 5.76 Å². The molecule has 0 unspecified atom stereocenters. The molecule has 0 amide bonds. The van der Waals surface area contributed by atoms with Crippen LogP contribution < -0.4 is 9.47 Å². The number of benzene rings is 1. The fourth-order valence-corrected chi connectivity index (χ4v) is 2.89. The molecular weight excluding hydrogens is 294 g/mol. The zero-order valence-electron chi connectivity index (χ0n) is 13.6. The highest BCUT2D eigenvalue weighted by Gasteiger charge is 2.34. The van der Waals surface area contributed by atoms with Crippen molar-refractivity contribution in [3.63, 3.8) is 0 Å². The van der Waals surface area contributed by atoms with Crippen LogP contribution in [0.1, 0.15) is 24.0 Å². The molecule has 0 bridgehead atoms. The van der Waals surface area contributed by atoms with Crippen molar-refractivity contribution in [2.24, 2.45) is 0 Å². The number of rotatable bonds is 6. The van der Waals surface area contributed by atoms with Gasteiger partial charge in [0.05, 0.1) is 34.0 Å². The Bertz CT molecular complexity index is 672. The third-order valence-corrected chi connectivity index (χ3v) is 4.18. The van der Waals surface area contributed by atoms with Gasteiger partial charge in [-0.3, -0.25) is 0 Å². The van der Waals surface area contributed by atoms with E-state index in [0.29, 0.717) is 24.3 Å². The van der Waals surface area contributed by atoms with Crippen LogP contribution in [-0.4, -0.2) is 26.4 Å². The van der Waals surface area contributed by atoms with Crippen LogP contribution in [0.25, 0.3) is 0 Å². The van der Waals surface area contributed by atoms with Gasteiger partial charge in [0.15, 0.2) is 11.5 Å². The van der Waals surface area contributed by atoms with Gasteiger partial charge in [-0.2, -0.15) is 5.26 Å². The van der Waals surface area contributed by atoms with E-state index >= 15 is 0 Å². The van der Waals surface area contributed by atoms with E-state index in [1.54, 1.807) is 27.4 Å². The lowest BCUT2D eigenvalue weighted by Crippen LogP contribution is -2.26. The van der Waals surface area contributed by atoms with Gasteiger partial charge in [0, 0.05) is 11.8 Å². The maximum absolute atomic E-state index is 9.77. The smallest absolute Gasteiger partial charge is 0.161 e. The van der Waals surface area contributed by atoms with Crippen LogP contribution in [0, 0.1) is 11.3 Å². The molecule has 0 aromatic heterocycles. The molecule has 1 N–H and O–H groups in total. The summed E-state index contributed by atoms with van der Waals surface area (Å²) in [7, 11) is 4.73. The molecule has 0 heterocycles. The molecule has 122 valence electrons. The van der Waals surface area contributed by atoms with Gasteiger partial charge < -0.3 is 19.3 Å². The fourth-order valence-electron chi connectivity index (χ4n) is 2.89. The Labute approximate surface area is 136 Å². The van der Waals surface area contributed by atoms with Crippen LogP contribution in [0.4, 0.5) is 0 Å². The standard InChI is InChI=1S/C18H21NO4/c1-21-14-4-6-18(7-5-14,8-9-19)15-11-17(23-3)16(22-2)10-13(15)12-20/h4-6,10-11,20H,7-8,12H2,1-3H3/t18-/m1/s1. The van der Waals surface area contributed by atoms with E-state index in [1.807, 2.05) is 24.3 Å². The summed E-state index contributed by atoms with van der Waals surface area (Å²) in [5, 5.41) is 19.1. The van der Waals surface area contributed by atoms with Crippen molar-refractivity contribution in [2.75, 3.05) is 21.3 Å². The predicted molar refractivity (Wildman–Crippen MR) is 86.2 cm³/mol. The molecule has 23 heavy (non-hydrogen) atoms. The van der Waals surface area contributed by atoms with Gasteiger partial charge in [-0.25, -0.2) is 0 Å². The number of nitriles is 1. The molecule has 1 atom stereocenters. The van der Waals surface area contributed by atoms with Crippen molar-refractivity contribution in [3.8, 4) is 17.6 Å². The third-order valence-electron chi connectivity index (χ3n) is 4.18. The van der Waals surface area contributed by atoms with E-state index in [2.05, 4.69) is 6.07 Å². The number of hydrogen-bond donors (Lipinski definition) is 1. The van der Waals surface area contributed by atoms with Gasteiger partial charge in [-0.15, -0.1) is 0 Å². The highest BCUT2D eigenvalue weighted by molar-refractivity contribution is 5.52. The monoisotopic (exact) mass is 315 g/mol. The molecular formula is C18H21NO4. The molecule has 0 spiro atoms. The van der Waals surface area contributed by atoms with Crippen molar-refractivity contribution >= 4 is 0 Å². The molecule has 1 aromatic rings. The molecule has 0 aliphatic heterocycles. The second kappa shape index (κ2) is 7.21. The summed E-state index contributed by atoms with van der Waals surface area (Å²) in [6.45, 7) is -0.141. The number of allylic oxidation sites excluding steroid dienone is 3. The lowest BCUT2D eigenvalue weighted by molar-refractivity contribution is 0.275. The Morgan fingerprint density at radius 2 is 1.87 bits per heavy atom. The molecule has 5 nitrogen and oxygen atoms in total. The van der Waals surface area contributed by atoms with Crippen molar-refractivity contribution in [1.82, 2.24) is 0 Å². The molecule has 5 heteroatoms. The average molecular weight is 315 g/mol. The summed E-state index contributed by atoms with van der Waals surface area (Å²) in [5.41, 5.74) is 1.06. The van der Waals surface area contributed by atoms with Crippen molar-refractivity contribution < 1.29 is 19.3 Å². The summed E-state index contributed by atoms with van der Waals surface area (Å²) >= 11 is 0. The van der Waals surface area contributed by atoms with E-state index in [9.17, 15) is 10.4 Å². The highest BCUT2D eigenvalue weighted by atomic mass is 16.5. The largest absolute Gasteiger partial charge is 0.497 e. The molecule has 2 rings (SSSR count). The second-order valence-corrected chi connectivity index (χ2v) is 5.36. The van der Waals surface area contributed by atoms with Gasteiger partial charge >= 0.3 is 0 Å². The molecule has 1 aliphatic rings. The van der Waals surface area contributed by atoms with E-state index in [-0.39, 0.29) is 6.61 Å². The topological polar surface area (TPSA) is 71.7 Å². The number of aliphatic hydroxyl groups excluding tert-OH is 1. The third kappa shape index (κ3) is 3.17. The SMILES string of the molecule is COC1=CC[C@](CC#N)(c2cc(OC)c(OC)cc2CO)C=C1. The fraction of sp³-hybridized carbons (Fsp3) is 0.389. The van der Waals surface area contributed by atoms with Crippen LogP contribution in [0.2, 0.25) is 0 Å². The van der Waals surface area contributed by atoms with E-state index in [4.69, 9.17) is 14.2 Å². The number of methoxy groups -OCH3 is 3. The van der Waals surface area contributed by atoms with Crippen LogP contribution in [0.15, 0.2) is 36.1 Å². The minimum atomic E-state index is -0.519. The van der Waals surface area contributed by atoms with Crippen LogP contribution >= 0.6 is 0 Å². The van der Waals surface area contributed by atoms with Crippen LogP contribution in [-0.2, 0) is 16.8 Å². The first-order valence-corrected chi connectivity index (χ1v) is 7.30. The average Bonchev–Trinajstić information content (AvgIpc) is 2.61. The highest BCUT2D eigenvalue weighted by Crippen LogP contribution is 2.43. The minimum Gasteiger partial charge on any atom is -0.497 e. The molecule has 1 aromatic carbocycles. The number of nitrogens with zero attached hydrogens (tertiary/aromatic N) is 1. The Morgan fingerprint density at radius 1 is 1.17 bits per heavy atom. The molecule has 0 saturated heterocycles. The lowest BCUT2D eigenvalue weighted by atomic mass is 9.71. The van der Waals surface area contributed by atoms with Gasteiger partial charge in [-0.1, -0.05) is 6.08 Å². The lowest BCUT2D eigenvalue weighted by Gasteiger charge is -2.32. The zero-order chi connectivity index (χ0) is 16.9. The first kappa shape index (κ1) is 16.9. The maximum atomic E-state index is 9.77. The summed E-state index contributed by atoms with van der Waals surface area (Å²) in [6, 6.07) is 5.86. The van der Waals surface area contributed by atoms with Crippen molar-refractivity contribution in [2.45, 2.75) is 24.9 Å². The zero-order valence-corrected chi connectivity index (χ0v) is 13.6. The summed E-state index contributed by atoms with van der Waals surface area (Å²) in [6.07, 6.45) is 6.69. The van der Waals surface area contributed by atoms with Crippen molar-refractivity contribution in [1.29, 1.82) is 5.26 Å². The minimum absolute atomic E-state index is 0.141.